The van der Waals surface area contributed by atoms with Gasteiger partial charge in [0.1, 0.15) is 6.61 Å². The number of halogens is 1. The smallest absolute Gasteiger partial charge is 0.233 e. The van der Waals surface area contributed by atoms with E-state index in [1.165, 1.54) is 17.8 Å². The fourth-order valence-corrected chi connectivity index (χ4v) is 3.58. The molecule has 0 saturated carbocycles. The van der Waals surface area contributed by atoms with E-state index in [1.807, 2.05) is 55.7 Å². The fourth-order valence-electron chi connectivity index (χ4n) is 2.67. The van der Waals surface area contributed by atoms with Crippen LogP contribution in [-0.4, -0.2) is 32.5 Å². The number of nitrogens with one attached hydrogen (secondary N) is 1. The molecule has 158 valence electrons. The minimum atomic E-state index is -0.437. The molecule has 0 saturated heterocycles. The molecule has 0 spiro atoms. The van der Waals surface area contributed by atoms with Crippen LogP contribution in [0.5, 0.6) is 5.75 Å². The molecule has 1 unspecified atom stereocenters. The standard InChI is InChI=1S/C22H25FN4O2S/c1-15(2)13-24-21(28)16(3)30-22-26-25-20(27(22)17-9-5-4-6-10-17)14-29-19-12-8-7-11-18(19)23/h4-12,15-16H,13-14H2,1-3H3,(H,24,28). The van der Waals surface area contributed by atoms with E-state index in [9.17, 15) is 9.18 Å². The maximum Gasteiger partial charge on any atom is 0.233 e. The normalized spacial score (nSPS) is 12.0. The molecule has 0 aliphatic heterocycles. The Labute approximate surface area is 179 Å². The van der Waals surface area contributed by atoms with Gasteiger partial charge in [0.25, 0.3) is 0 Å². The summed E-state index contributed by atoms with van der Waals surface area (Å²) in [7, 11) is 0. The van der Waals surface area contributed by atoms with Gasteiger partial charge in [-0.2, -0.15) is 0 Å². The van der Waals surface area contributed by atoms with Crippen molar-refractivity contribution >= 4 is 17.7 Å². The summed E-state index contributed by atoms with van der Waals surface area (Å²) < 4.78 is 21.4. The molecule has 30 heavy (non-hydrogen) atoms. The van der Waals surface area contributed by atoms with Crippen LogP contribution in [0.4, 0.5) is 4.39 Å². The zero-order chi connectivity index (χ0) is 21.5. The first-order chi connectivity index (χ1) is 14.5. The van der Waals surface area contributed by atoms with Crippen molar-refractivity contribution in [2.45, 2.75) is 37.8 Å². The number of rotatable bonds is 9. The molecule has 3 rings (SSSR count). The summed E-state index contributed by atoms with van der Waals surface area (Å²) >= 11 is 1.32. The average Bonchev–Trinajstić information content (AvgIpc) is 3.14. The van der Waals surface area contributed by atoms with E-state index in [0.717, 1.165) is 5.69 Å². The van der Waals surface area contributed by atoms with Gasteiger partial charge in [0.15, 0.2) is 22.5 Å². The summed E-state index contributed by atoms with van der Waals surface area (Å²) in [5.74, 6) is 0.549. The molecule has 0 bridgehead atoms. The third-order valence-corrected chi connectivity index (χ3v) is 5.29. The van der Waals surface area contributed by atoms with Crippen LogP contribution < -0.4 is 10.1 Å². The maximum absolute atomic E-state index is 13.9. The van der Waals surface area contributed by atoms with Gasteiger partial charge in [-0.3, -0.25) is 9.36 Å². The second-order valence-corrected chi connectivity index (χ2v) is 8.50. The first-order valence-corrected chi connectivity index (χ1v) is 10.6. The molecule has 6 nitrogen and oxygen atoms in total. The molecule has 1 heterocycles. The Balaban J connectivity index is 1.81. The van der Waals surface area contributed by atoms with Crippen LogP contribution in [0.1, 0.15) is 26.6 Å². The van der Waals surface area contributed by atoms with Crippen molar-refractivity contribution in [2.24, 2.45) is 5.92 Å². The highest BCUT2D eigenvalue weighted by Crippen LogP contribution is 2.27. The van der Waals surface area contributed by atoms with Crippen molar-refractivity contribution in [1.82, 2.24) is 20.1 Å². The van der Waals surface area contributed by atoms with Gasteiger partial charge in [-0.15, -0.1) is 10.2 Å². The molecule has 2 aromatic carbocycles. The number of thioether (sulfide) groups is 1. The second kappa shape index (κ2) is 10.2. The van der Waals surface area contributed by atoms with Gasteiger partial charge in [0.05, 0.1) is 5.25 Å². The van der Waals surface area contributed by atoms with E-state index in [4.69, 9.17) is 4.74 Å². The van der Waals surface area contributed by atoms with Crippen LogP contribution in [0.2, 0.25) is 0 Å². The Bertz CT molecular complexity index is 978. The van der Waals surface area contributed by atoms with Gasteiger partial charge in [0, 0.05) is 12.2 Å². The minimum absolute atomic E-state index is 0.0390. The monoisotopic (exact) mass is 428 g/mol. The Morgan fingerprint density at radius 3 is 2.50 bits per heavy atom. The zero-order valence-corrected chi connectivity index (χ0v) is 18.0. The predicted molar refractivity (Wildman–Crippen MR) is 115 cm³/mol. The molecular formula is C22H25FN4O2S. The topological polar surface area (TPSA) is 69.0 Å². The summed E-state index contributed by atoms with van der Waals surface area (Å²) in [4.78, 5) is 12.4. The zero-order valence-electron chi connectivity index (χ0n) is 17.2. The minimum Gasteiger partial charge on any atom is -0.483 e. The van der Waals surface area contributed by atoms with Crippen LogP contribution in [0.25, 0.3) is 5.69 Å². The van der Waals surface area contributed by atoms with E-state index in [1.54, 1.807) is 18.2 Å². The third kappa shape index (κ3) is 5.60. The van der Waals surface area contributed by atoms with E-state index < -0.39 is 5.82 Å². The van der Waals surface area contributed by atoms with Crippen LogP contribution >= 0.6 is 11.8 Å². The molecule has 1 amide bonds. The van der Waals surface area contributed by atoms with E-state index in [-0.39, 0.29) is 23.5 Å². The molecule has 0 radical (unpaired) electrons. The lowest BCUT2D eigenvalue weighted by molar-refractivity contribution is -0.120. The number of hydrogen-bond acceptors (Lipinski definition) is 5. The number of aromatic nitrogens is 3. The lowest BCUT2D eigenvalue weighted by atomic mass is 10.2. The van der Waals surface area contributed by atoms with E-state index in [0.29, 0.717) is 23.4 Å². The number of benzene rings is 2. The molecule has 0 fully saturated rings. The number of nitrogens with zero attached hydrogens (tertiary/aromatic N) is 3. The Kier molecular flexibility index (Phi) is 7.46. The Morgan fingerprint density at radius 1 is 1.10 bits per heavy atom. The molecule has 3 aromatic rings. The number of ether oxygens (including phenoxy) is 1. The molecule has 1 N–H and O–H groups in total. The first kappa shape index (κ1) is 21.8. The van der Waals surface area contributed by atoms with Crippen molar-refractivity contribution in [3.8, 4) is 11.4 Å². The quantitative estimate of drug-likeness (QED) is 0.517. The lowest BCUT2D eigenvalue weighted by Gasteiger charge is -2.15. The molecule has 0 aliphatic rings. The number of hydrogen-bond donors (Lipinski definition) is 1. The average molecular weight is 429 g/mol. The summed E-state index contributed by atoms with van der Waals surface area (Å²) in [6, 6.07) is 15.8. The van der Waals surface area contributed by atoms with Gasteiger partial charge in [0.2, 0.25) is 5.91 Å². The first-order valence-electron chi connectivity index (χ1n) is 9.77. The van der Waals surface area contributed by atoms with Crippen molar-refractivity contribution in [3.63, 3.8) is 0 Å². The molecule has 1 atom stereocenters. The van der Waals surface area contributed by atoms with Gasteiger partial charge < -0.3 is 10.1 Å². The van der Waals surface area contributed by atoms with Crippen molar-refractivity contribution in [3.05, 3.63) is 66.2 Å². The molecule has 0 aliphatic carbocycles. The largest absolute Gasteiger partial charge is 0.483 e. The number of carbonyl (C=O) groups is 1. The lowest BCUT2D eigenvalue weighted by Crippen LogP contribution is -2.33. The van der Waals surface area contributed by atoms with Crippen molar-refractivity contribution in [2.75, 3.05) is 6.54 Å². The highest BCUT2D eigenvalue weighted by molar-refractivity contribution is 8.00. The van der Waals surface area contributed by atoms with Crippen molar-refractivity contribution < 1.29 is 13.9 Å². The van der Waals surface area contributed by atoms with E-state index in [2.05, 4.69) is 15.5 Å². The van der Waals surface area contributed by atoms with Gasteiger partial charge in [-0.05, 0) is 37.1 Å². The number of para-hydroxylation sites is 2. The van der Waals surface area contributed by atoms with Gasteiger partial charge in [-0.1, -0.05) is 55.9 Å². The van der Waals surface area contributed by atoms with Gasteiger partial charge in [-0.25, -0.2) is 4.39 Å². The van der Waals surface area contributed by atoms with Crippen LogP contribution in [0.15, 0.2) is 59.8 Å². The summed E-state index contributed by atoms with van der Waals surface area (Å²) in [6.45, 7) is 6.59. The summed E-state index contributed by atoms with van der Waals surface area (Å²) in [5, 5.41) is 11.7. The van der Waals surface area contributed by atoms with Crippen LogP contribution in [-0.2, 0) is 11.4 Å². The molecule has 8 heteroatoms. The highest BCUT2D eigenvalue weighted by Gasteiger charge is 2.21. The second-order valence-electron chi connectivity index (χ2n) is 7.19. The summed E-state index contributed by atoms with van der Waals surface area (Å²) in [6.07, 6.45) is 0. The van der Waals surface area contributed by atoms with Crippen LogP contribution in [0.3, 0.4) is 0 Å². The molecular weight excluding hydrogens is 403 g/mol. The number of carbonyl (C=O) groups excluding carboxylic acids is 1. The van der Waals surface area contributed by atoms with Gasteiger partial charge >= 0.3 is 0 Å². The number of amides is 1. The van der Waals surface area contributed by atoms with E-state index >= 15 is 0 Å². The fraction of sp³-hybridized carbons (Fsp3) is 0.318. The predicted octanol–water partition coefficient (Wildman–Crippen LogP) is 4.24. The maximum atomic E-state index is 13.9. The Hall–Kier alpha value is -2.87. The Morgan fingerprint density at radius 2 is 1.80 bits per heavy atom. The third-order valence-electron chi connectivity index (χ3n) is 4.24. The highest BCUT2D eigenvalue weighted by atomic mass is 32.2. The summed E-state index contributed by atoms with van der Waals surface area (Å²) in [5.41, 5.74) is 0.840. The van der Waals surface area contributed by atoms with Crippen LogP contribution in [0, 0.1) is 11.7 Å². The van der Waals surface area contributed by atoms with Crippen molar-refractivity contribution in [1.29, 1.82) is 0 Å². The molecule has 1 aromatic heterocycles. The SMILES string of the molecule is CC(C)CNC(=O)C(C)Sc1nnc(COc2ccccc2F)n1-c1ccccc1.